The largest absolute Gasteiger partial charge is 0.361 e. The fourth-order valence-electron chi connectivity index (χ4n) is 3.47. The second-order valence-corrected chi connectivity index (χ2v) is 6.82. The van der Waals surface area contributed by atoms with Crippen LogP contribution in [-0.2, 0) is 4.79 Å². The smallest absolute Gasteiger partial charge is 0.162 e. The van der Waals surface area contributed by atoms with Gasteiger partial charge in [0.15, 0.2) is 5.78 Å². The van der Waals surface area contributed by atoms with E-state index in [0.29, 0.717) is 12.0 Å². The van der Waals surface area contributed by atoms with Crippen LogP contribution < -0.4 is 5.32 Å². The van der Waals surface area contributed by atoms with E-state index >= 15 is 0 Å². The number of ketones is 1. The summed E-state index contributed by atoms with van der Waals surface area (Å²) in [4.78, 5) is 16.8. The highest BCUT2D eigenvalue weighted by atomic mass is 16.1. The molecule has 4 nitrogen and oxygen atoms in total. The molecule has 0 radical (unpaired) electrons. The van der Waals surface area contributed by atoms with E-state index in [9.17, 15) is 10.1 Å². The van der Waals surface area contributed by atoms with Gasteiger partial charge >= 0.3 is 0 Å². The first-order valence-electron chi connectivity index (χ1n) is 7.47. The van der Waals surface area contributed by atoms with Crippen LogP contribution in [0.2, 0.25) is 0 Å². The number of carbonyl (C=O) groups is 1. The quantitative estimate of drug-likeness (QED) is 0.863. The Morgan fingerprint density at radius 1 is 1.32 bits per heavy atom. The van der Waals surface area contributed by atoms with Crippen molar-refractivity contribution in [3.05, 3.63) is 52.6 Å². The molecule has 1 aliphatic heterocycles. The number of hydrogen-bond acceptors (Lipinski definition) is 4. The Bertz CT molecular complexity index is 735. The van der Waals surface area contributed by atoms with Crippen LogP contribution >= 0.6 is 0 Å². The van der Waals surface area contributed by atoms with Gasteiger partial charge in [-0.2, -0.15) is 5.26 Å². The zero-order valence-electron chi connectivity index (χ0n) is 13.1. The lowest BCUT2D eigenvalue weighted by Crippen LogP contribution is -2.36. The molecule has 2 aliphatic rings. The molecule has 0 spiro atoms. The van der Waals surface area contributed by atoms with E-state index in [-0.39, 0.29) is 17.1 Å². The van der Waals surface area contributed by atoms with Crippen LogP contribution in [0.4, 0.5) is 0 Å². The number of nitriles is 1. The van der Waals surface area contributed by atoms with Gasteiger partial charge in [-0.05, 0) is 36.5 Å². The molecule has 112 valence electrons. The summed E-state index contributed by atoms with van der Waals surface area (Å²) in [5.41, 5.74) is 4.10. The summed E-state index contributed by atoms with van der Waals surface area (Å²) in [5, 5.41) is 12.9. The molecule has 0 saturated heterocycles. The van der Waals surface area contributed by atoms with Gasteiger partial charge in [0.2, 0.25) is 0 Å². The van der Waals surface area contributed by atoms with Crippen molar-refractivity contribution in [3.63, 3.8) is 0 Å². The van der Waals surface area contributed by atoms with Gasteiger partial charge in [0.25, 0.3) is 0 Å². The number of hydrogen-bond donors (Lipinski definition) is 1. The Kier molecular flexibility index (Phi) is 3.37. The molecule has 22 heavy (non-hydrogen) atoms. The highest BCUT2D eigenvalue weighted by Gasteiger charge is 2.40. The summed E-state index contributed by atoms with van der Waals surface area (Å²) in [7, 11) is 0. The van der Waals surface area contributed by atoms with Crippen LogP contribution in [-0.4, -0.2) is 10.8 Å². The van der Waals surface area contributed by atoms with Gasteiger partial charge in [0.1, 0.15) is 0 Å². The molecule has 0 amide bonds. The number of rotatable bonds is 1. The molecule has 1 unspecified atom stereocenters. The molecule has 1 aliphatic carbocycles. The summed E-state index contributed by atoms with van der Waals surface area (Å²) in [6, 6.07) is 6.06. The third kappa shape index (κ3) is 2.33. The second kappa shape index (κ2) is 5.10. The molecule has 3 rings (SSSR count). The zero-order chi connectivity index (χ0) is 15.9. The molecule has 1 aromatic heterocycles. The fourth-order valence-corrected chi connectivity index (χ4v) is 3.47. The van der Waals surface area contributed by atoms with Crippen LogP contribution in [0.15, 0.2) is 47.1 Å². The molecule has 1 N–H and O–H groups in total. The van der Waals surface area contributed by atoms with Crippen molar-refractivity contribution in [3.8, 4) is 6.07 Å². The van der Waals surface area contributed by atoms with Gasteiger partial charge in [0.05, 0.1) is 17.6 Å². The molecule has 0 bridgehead atoms. The van der Waals surface area contributed by atoms with Gasteiger partial charge in [-0.1, -0.05) is 13.8 Å². The molecule has 0 fully saturated rings. The maximum Gasteiger partial charge on any atom is 0.162 e. The summed E-state index contributed by atoms with van der Waals surface area (Å²) in [5.74, 6) is -0.131. The minimum Gasteiger partial charge on any atom is -0.361 e. The number of pyridine rings is 1. The molecule has 0 aromatic carbocycles. The minimum atomic E-state index is -0.271. The van der Waals surface area contributed by atoms with Crippen molar-refractivity contribution in [1.29, 1.82) is 5.26 Å². The molecule has 1 aromatic rings. The van der Waals surface area contributed by atoms with Crippen molar-refractivity contribution in [2.75, 3.05) is 0 Å². The molecule has 0 saturated carbocycles. The number of aromatic nitrogens is 1. The topological polar surface area (TPSA) is 65.8 Å². The number of dihydropyridines is 1. The third-order valence-corrected chi connectivity index (χ3v) is 4.40. The number of nitrogens with one attached hydrogen (secondary N) is 1. The van der Waals surface area contributed by atoms with E-state index in [1.807, 2.05) is 19.1 Å². The van der Waals surface area contributed by atoms with Crippen LogP contribution in [0.25, 0.3) is 0 Å². The van der Waals surface area contributed by atoms with E-state index in [1.165, 1.54) is 0 Å². The van der Waals surface area contributed by atoms with Crippen LogP contribution in [0.3, 0.4) is 0 Å². The number of nitrogens with zero attached hydrogens (tertiary/aromatic N) is 2. The predicted octanol–water partition coefficient (Wildman–Crippen LogP) is 3.21. The molecule has 4 heteroatoms. The summed E-state index contributed by atoms with van der Waals surface area (Å²) < 4.78 is 0. The number of carbonyl (C=O) groups excluding carboxylic acids is 1. The lowest BCUT2D eigenvalue weighted by atomic mass is 9.69. The molecule has 2 heterocycles. The van der Waals surface area contributed by atoms with Crippen LogP contribution in [0.5, 0.6) is 0 Å². The highest BCUT2D eigenvalue weighted by Crippen LogP contribution is 2.46. The zero-order valence-corrected chi connectivity index (χ0v) is 13.1. The number of Topliss-reactive ketones (excluding diaryl/α,β-unsaturated/α-hetero) is 1. The van der Waals surface area contributed by atoms with Gasteiger partial charge < -0.3 is 5.32 Å². The Hall–Kier alpha value is -2.41. The van der Waals surface area contributed by atoms with E-state index in [0.717, 1.165) is 29.0 Å². The Morgan fingerprint density at radius 3 is 2.64 bits per heavy atom. The standard InChI is InChI=1S/C18H19N3O/c1-11-13(10-19)16(12-4-6-20-7-5-12)17-14(21-11)8-18(2,3)9-15(17)22/h4-7,16,21H,8-9H2,1-3H3. The SMILES string of the molecule is CC1=C(C#N)C(c2ccncc2)C2=C(CC(C)(C)CC2=O)N1. The van der Waals surface area contributed by atoms with Crippen molar-refractivity contribution in [2.24, 2.45) is 5.41 Å². The van der Waals surface area contributed by atoms with Crippen molar-refractivity contribution < 1.29 is 4.79 Å². The normalized spacial score (nSPS) is 23.7. The predicted molar refractivity (Wildman–Crippen MR) is 83.5 cm³/mol. The van der Waals surface area contributed by atoms with Gasteiger partial charge in [-0.15, -0.1) is 0 Å². The average molecular weight is 293 g/mol. The first-order valence-corrected chi connectivity index (χ1v) is 7.47. The lowest BCUT2D eigenvalue weighted by molar-refractivity contribution is -0.118. The van der Waals surface area contributed by atoms with E-state index in [4.69, 9.17) is 0 Å². The summed E-state index contributed by atoms with van der Waals surface area (Å²) in [6.07, 6.45) is 4.76. The van der Waals surface area contributed by atoms with Gasteiger partial charge in [-0.25, -0.2) is 0 Å². The molecular weight excluding hydrogens is 274 g/mol. The molecular formula is C18H19N3O. The Balaban J connectivity index is 2.18. The van der Waals surface area contributed by atoms with E-state index < -0.39 is 0 Å². The number of allylic oxidation sites excluding steroid dienone is 4. The first-order chi connectivity index (χ1) is 10.4. The van der Waals surface area contributed by atoms with Crippen LogP contribution in [0, 0.1) is 16.7 Å². The van der Waals surface area contributed by atoms with Crippen molar-refractivity contribution in [2.45, 2.75) is 39.5 Å². The van der Waals surface area contributed by atoms with Crippen molar-refractivity contribution >= 4 is 5.78 Å². The monoisotopic (exact) mass is 293 g/mol. The Morgan fingerprint density at radius 2 is 2.00 bits per heavy atom. The minimum absolute atomic E-state index is 0.0455. The van der Waals surface area contributed by atoms with E-state index in [1.54, 1.807) is 12.4 Å². The second-order valence-electron chi connectivity index (χ2n) is 6.82. The lowest BCUT2D eigenvalue weighted by Gasteiger charge is -2.38. The van der Waals surface area contributed by atoms with Gasteiger partial charge in [-0.3, -0.25) is 9.78 Å². The summed E-state index contributed by atoms with van der Waals surface area (Å²) >= 11 is 0. The molecule has 1 atom stereocenters. The third-order valence-electron chi connectivity index (χ3n) is 4.40. The first kappa shape index (κ1) is 14.5. The van der Waals surface area contributed by atoms with Crippen LogP contribution in [0.1, 0.15) is 45.1 Å². The van der Waals surface area contributed by atoms with Gasteiger partial charge in [0, 0.05) is 35.8 Å². The maximum absolute atomic E-state index is 12.8. The summed E-state index contributed by atoms with van der Waals surface area (Å²) in [6.45, 7) is 6.12. The Labute approximate surface area is 130 Å². The maximum atomic E-state index is 12.8. The van der Waals surface area contributed by atoms with E-state index in [2.05, 4.69) is 30.2 Å². The average Bonchev–Trinajstić information content (AvgIpc) is 2.45. The van der Waals surface area contributed by atoms with Crippen molar-refractivity contribution in [1.82, 2.24) is 10.3 Å². The highest BCUT2D eigenvalue weighted by molar-refractivity contribution is 6.00. The fraction of sp³-hybridized carbons (Fsp3) is 0.389.